The highest BCUT2D eigenvalue weighted by molar-refractivity contribution is 7.22. The van der Waals surface area contributed by atoms with Gasteiger partial charge in [-0.2, -0.15) is 5.10 Å². The predicted octanol–water partition coefficient (Wildman–Crippen LogP) is 12.5. The van der Waals surface area contributed by atoms with Gasteiger partial charge in [0.15, 0.2) is 0 Å². The number of fused-ring (bicyclic) bond motifs is 3. The molecule has 2 fully saturated rings. The predicted molar refractivity (Wildman–Crippen MR) is 261 cm³/mol. The number of para-hydroxylation sites is 1. The van der Waals surface area contributed by atoms with Gasteiger partial charge in [-0.05, 0) is 113 Å². The maximum absolute atomic E-state index is 9.13. The molecule has 10 rings (SSSR count). The van der Waals surface area contributed by atoms with E-state index in [9.17, 15) is 0 Å². The van der Waals surface area contributed by atoms with Gasteiger partial charge in [0.2, 0.25) is 11.0 Å². The molecule has 1 saturated heterocycles. The van der Waals surface area contributed by atoms with E-state index in [4.69, 9.17) is 39.2 Å². The van der Waals surface area contributed by atoms with Crippen molar-refractivity contribution in [1.82, 2.24) is 4.98 Å². The molecule has 1 aliphatic carbocycles. The third-order valence-corrected chi connectivity index (χ3v) is 13.0. The Kier molecular flexibility index (Phi) is 12.9. The van der Waals surface area contributed by atoms with Crippen LogP contribution in [-0.4, -0.2) is 49.1 Å². The van der Waals surface area contributed by atoms with Crippen LogP contribution in [0.1, 0.15) is 47.9 Å². The minimum absolute atomic E-state index is 0.0130. The second kappa shape index (κ2) is 19.9. The van der Waals surface area contributed by atoms with E-state index < -0.39 is 0 Å². The van der Waals surface area contributed by atoms with Crippen LogP contribution in [-0.2, 0) is 22.6 Å². The molecule has 0 spiro atoms. The number of nitrogens with zero attached hydrogens (tertiary/aromatic N) is 3. The first-order chi connectivity index (χ1) is 32.1. The molecule has 1 saturated carbocycles. The quantitative estimate of drug-likeness (QED) is 0.0301. The highest BCUT2D eigenvalue weighted by atomic mass is 32.1. The van der Waals surface area contributed by atoms with Crippen molar-refractivity contribution in [3.05, 3.63) is 186 Å². The van der Waals surface area contributed by atoms with Crippen molar-refractivity contribution < 1.29 is 23.7 Å². The van der Waals surface area contributed by atoms with Crippen LogP contribution < -0.4 is 19.2 Å². The summed E-state index contributed by atoms with van der Waals surface area (Å²) in [5, 5.41) is 18.8. The van der Waals surface area contributed by atoms with Crippen molar-refractivity contribution in [2.75, 3.05) is 24.8 Å². The van der Waals surface area contributed by atoms with Crippen LogP contribution in [0.3, 0.4) is 0 Å². The van der Waals surface area contributed by atoms with Crippen LogP contribution in [0.15, 0.2) is 169 Å². The zero-order valence-corrected chi connectivity index (χ0v) is 36.9. The van der Waals surface area contributed by atoms with Crippen molar-refractivity contribution in [3.8, 4) is 28.4 Å². The number of benzene rings is 7. The molecule has 3 unspecified atom stereocenters. The minimum Gasteiger partial charge on any atom is -0.493 e. The Morgan fingerprint density at radius 2 is 1.48 bits per heavy atom. The van der Waals surface area contributed by atoms with Gasteiger partial charge in [0.25, 0.3) is 0 Å². The van der Waals surface area contributed by atoms with E-state index in [1.165, 1.54) is 18.4 Å². The van der Waals surface area contributed by atoms with Gasteiger partial charge in [0, 0.05) is 30.8 Å². The summed E-state index contributed by atoms with van der Waals surface area (Å²) in [6.45, 7) is 2.97. The van der Waals surface area contributed by atoms with Gasteiger partial charge in [0.05, 0.1) is 41.8 Å². The van der Waals surface area contributed by atoms with E-state index in [2.05, 4.69) is 54.6 Å². The first kappa shape index (κ1) is 42.1. The molecule has 7 aromatic carbocycles. The summed E-state index contributed by atoms with van der Waals surface area (Å²) in [5.41, 5.74) is 6.68. The molecule has 3 atom stereocenters. The summed E-state index contributed by atoms with van der Waals surface area (Å²) < 4.78 is 31.5. The maximum Gasteiger partial charge on any atom is 0.219 e. The molecule has 0 radical (unpaired) electrons. The molecule has 65 heavy (non-hydrogen) atoms. The highest BCUT2D eigenvalue weighted by Crippen LogP contribution is 2.39. The SMILES string of the molecule is N=C(Oc1ccc(OCc2ccc(-c3ccccc3)cc2)cc1/C=N/N(Cc1ccccc1)c1nc2ccccc2s1)c1ccc2cc(OCCCOCC3CCC4OC4C3)ccc2c1. The van der Waals surface area contributed by atoms with Crippen molar-refractivity contribution >= 4 is 49.6 Å². The number of aromatic nitrogens is 1. The molecule has 0 amide bonds. The summed E-state index contributed by atoms with van der Waals surface area (Å²) in [7, 11) is 0. The Bertz CT molecular complexity index is 2870. The van der Waals surface area contributed by atoms with Gasteiger partial charge in [-0.25, -0.2) is 9.99 Å². The minimum atomic E-state index is 0.0130. The molecule has 8 aromatic rings. The van der Waals surface area contributed by atoms with Crippen molar-refractivity contribution in [2.45, 2.75) is 51.0 Å². The smallest absolute Gasteiger partial charge is 0.219 e. The highest BCUT2D eigenvalue weighted by Gasteiger charge is 2.43. The van der Waals surface area contributed by atoms with Gasteiger partial charge in [-0.3, -0.25) is 5.41 Å². The third kappa shape index (κ3) is 10.8. The number of rotatable bonds is 18. The topological polar surface area (TPSA) is 102 Å². The van der Waals surface area contributed by atoms with E-state index in [0.29, 0.717) is 67.1 Å². The Morgan fingerprint density at radius 1 is 0.723 bits per heavy atom. The molecule has 0 bridgehead atoms. The number of nitrogens with one attached hydrogen (secondary N) is 1. The van der Waals surface area contributed by atoms with Crippen LogP contribution in [0.2, 0.25) is 0 Å². The van der Waals surface area contributed by atoms with Crippen LogP contribution in [0.5, 0.6) is 17.2 Å². The third-order valence-electron chi connectivity index (χ3n) is 11.9. The summed E-state index contributed by atoms with van der Waals surface area (Å²) in [6, 6.07) is 54.6. The molecule has 1 aliphatic heterocycles. The number of ether oxygens (including phenoxy) is 5. The monoisotopic (exact) mass is 878 g/mol. The first-order valence-corrected chi connectivity index (χ1v) is 23.2. The Labute approximate surface area is 383 Å². The fourth-order valence-corrected chi connectivity index (χ4v) is 9.20. The number of anilines is 1. The van der Waals surface area contributed by atoms with E-state index in [-0.39, 0.29) is 5.90 Å². The lowest BCUT2D eigenvalue weighted by atomic mass is 9.90. The van der Waals surface area contributed by atoms with Gasteiger partial charge in [-0.1, -0.05) is 121 Å². The normalized spacial score (nSPS) is 16.6. The fraction of sp³-hybridized carbons (Fsp3) is 0.218. The number of hydrogen-bond acceptors (Lipinski definition) is 10. The zero-order valence-electron chi connectivity index (χ0n) is 36.1. The van der Waals surface area contributed by atoms with Gasteiger partial charge in [0.1, 0.15) is 23.9 Å². The number of epoxide rings is 1. The Morgan fingerprint density at radius 3 is 2.32 bits per heavy atom. The Balaban J connectivity index is 0.843. The summed E-state index contributed by atoms with van der Waals surface area (Å²) in [6.07, 6.45) is 7.12. The lowest BCUT2D eigenvalue weighted by molar-refractivity contribution is 0.0791. The molecule has 10 heteroatoms. The molecular weight excluding hydrogens is 829 g/mol. The molecule has 2 heterocycles. The van der Waals surface area contributed by atoms with E-state index >= 15 is 0 Å². The standard InChI is InChI=1S/C55H50N4O5S/c56-54(45-22-21-44-32-47(24-23-43(44)31-45)61-29-9-28-60-36-40-18-26-51-52(30-40)63-51)64-50-27-25-48(62-37-39-16-19-42(20-17-39)41-12-5-2-6-13-41)33-46(50)34-57-59(35-38-10-3-1-4-11-38)55-58-49-14-7-8-15-53(49)65-55/h1-8,10-17,19-25,27,31-34,40,51-52,56H,9,18,26,28-30,35-37H2/b56-54?,57-34+. The largest absolute Gasteiger partial charge is 0.493 e. The maximum atomic E-state index is 9.13. The van der Waals surface area contributed by atoms with Crippen molar-refractivity contribution in [1.29, 1.82) is 5.41 Å². The number of hydrazone groups is 1. The molecule has 9 nitrogen and oxygen atoms in total. The second-order valence-corrected chi connectivity index (χ2v) is 17.6. The fourth-order valence-electron chi connectivity index (χ4n) is 8.28. The molecule has 2 aliphatic rings. The van der Waals surface area contributed by atoms with E-state index in [1.54, 1.807) is 17.6 Å². The first-order valence-electron chi connectivity index (χ1n) is 22.4. The molecule has 1 N–H and O–H groups in total. The number of thiazole rings is 1. The zero-order chi connectivity index (χ0) is 43.8. The van der Waals surface area contributed by atoms with Crippen molar-refractivity contribution in [2.24, 2.45) is 11.0 Å². The van der Waals surface area contributed by atoms with Crippen LogP contribution in [0.4, 0.5) is 5.13 Å². The Hall–Kier alpha value is -6.85. The van der Waals surface area contributed by atoms with Crippen LogP contribution in [0.25, 0.3) is 32.1 Å². The van der Waals surface area contributed by atoms with Gasteiger partial charge in [-0.15, -0.1) is 0 Å². The van der Waals surface area contributed by atoms with Crippen LogP contribution in [0, 0.1) is 11.3 Å². The lowest BCUT2D eigenvalue weighted by Crippen LogP contribution is -2.19. The molecule has 326 valence electrons. The van der Waals surface area contributed by atoms with Crippen LogP contribution >= 0.6 is 11.3 Å². The molecular formula is C55H50N4O5S. The summed E-state index contributed by atoms with van der Waals surface area (Å²) in [5.74, 6) is 2.56. The lowest BCUT2D eigenvalue weighted by Gasteiger charge is -2.18. The second-order valence-electron chi connectivity index (χ2n) is 16.6. The summed E-state index contributed by atoms with van der Waals surface area (Å²) in [4.78, 5) is 4.94. The average Bonchev–Trinajstić information content (AvgIpc) is 4.01. The number of hydrogen-bond donors (Lipinski definition) is 1. The van der Waals surface area contributed by atoms with E-state index in [1.807, 2.05) is 114 Å². The van der Waals surface area contributed by atoms with Crippen molar-refractivity contribution in [3.63, 3.8) is 0 Å². The molecule has 1 aromatic heterocycles. The van der Waals surface area contributed by atoms with E-state index in [0.717, 1.165) is 68.0 Å². The van der Waals surface area contributed by atoms with Gasteiger partial charge >= 0.3 is 0 Å². The average molecular weight is 879 g/mol. The summed E-state index contributed by atoms with van der Waals surface area (Å²) >= 11 is 1.59. The van der Waals surface area contributed by atoms with Gasteiger partial charge < -0.3 is 23.7 Å².